The van der Waals surface area contributed by atoms with Crippen molar-refractivity contribution in [2.75, 3.05) is 13.2 Å². The molecule has 0 aliphatic rings. The highest BCUT2D eigenvalue weighted by atomic mass is 127. The smallest absolute Gasteiger partial charge is 0.282 e. The summed E-state index contributed by atoms with van der Waals surface area (Å²) in [6.07, 6.45) is 1.62. The Balaban J connectivity index is 1.60. The second-order valence-electron chi connectivity index (χ2n) is 10.8. The monoisotopic (exact) mass is 719 g/mol. The molecule has 0 saturated heterocycles. The van der Waals surface area contributed by atoms with Crippen LogP contribution in [0, 0.1) is 16.3 Å². The van der Waals surface area contributed by atoms with Gasteiger partial charge in [-0.2, -0.15) is 9.78 Å². The van der Waals surface area contributed by atoms with E-state index >= 15 is 0 Å². The van der Waals surface area contributed by atoms with Gasteiger partial charge in [0.2, 0.25) is 0 Å². The lowest BCUT2D eigenvalue weighted by Crippen LogP contribution is -2.21. The molecule has 0 bridgehead atoms. The number of nitrogens with zero attached hydrogens (tertiary/aromatic N) is 3. The van der Waals surface area contributed by atoms with Gasteiger partial charge in [-0.05, 0) is 120 Å². The van der Waals surface area contributed by atoms with Gasteiger partial charge in [0.15, 0.2) is 17.3 Å². The lowest BCUT2D eigenvalue weighted by Gasteiger charge is -2.18. The maximum Gasteiger partial charge on any atom is 0.282 e. The number of benzene rings is 4. The minimum atomic E-state index is -0.318. The Morgan fingerprint density at radius 3 is 2.44 bits per heavy atom. The highest BCUT2D eigenvalue weighted by molar-refractivity contribution is 14.1. The second-order valence-corrected chi connectivity index (χ2v) is 12.0. The van der Waals surface area contributed by atoms with Crippen LogP contribution in [0.25, 0.3) is 22.3 Å². The lowest BCUT2D eigenvalue weighted by molar-refractivity contribution is 0.267. The summed E-state index contributed by atoms with van der Waals surface area (Å²) in [6.45, 7) is 11.2. The van der Waals surface area contributed by atoms with Crippen LogP contribution in [0.15, 0.2) is 82.7 Å². The first kappa shape index (κ1) is 32.2. The molecule has 0 fully saturated rings. The van der Waals surface area contributed by atoms with Crippen molar-refractivity contribution in [2.45, 2.75) is 47.1 Å². The molecule has 0 unspecified atom stereocenters. The van der Waals surface area contributed by atoms with Gasteiger partial charge in [0, 0.05) is 5.56 Å². The number of fused-ring (bicyclic) bond motifs is 1. The molecule has 0 N–H and O–H groups in total. The number of aryl methyl sites for hydroxylation is 1. The Morgan fingerprint density at radius 2 is 1.71 bits per heavy atom. The maximum absolute atomic E-state index is 13.9. The van der Waals surface area contributed by atoms with Crippen LogP contribution in [0.2, 0.25) is 0 Å². The number of para-hydroxylation sites is 1. The SMILES string of the molecule is CCOc1cc(C)c(-c2nc3ccccc3c(=O)n2N=Cc2cc(I)c(OCc3cccc(F)c3)c(OCC)c2)cc1C(C)C. The van der Waals surface area contributed by atoms with Crippen LogP contribution in [0.3, 0.4) is 0 Å². The molecule has 7 nitrogen and oxygen atoms in total. The summed E-state index contributed by atoms with van der Waals surface area (Å²) in [5.41, 5.74) is 4.48. The summed E-state index contributed by atoms with van der Waals surface area (Å²) in [7, 11) is 0. The van der Waals surface area contributed by atoms with Gasteiger partial charge in [0.1, 0.15) is 18.2 Å². The summed E-state index contributed by atoms with van der Waals surface area (Å²) in [4.78, 5) is 18.8. The molecule has 5 rings (SSSR count). The van der Waals surface area contributed by atoms with E-state index in [9.17, 15) is 9.18 Å². The maximum atomic E-state index is 13.9. The fourth-order valence-electron chi connectivity index (χ4n) is 5.05. The van der Waals surface area contributed by atoms with Gasteiger partial charge >= 0.3 is 0 Å². The van der Waals surface area contributed by atoms with Crippen molar-refractivity contribution >= 4 is 39.7 Å². The minimum Gasteiger partial charge on any atom is -0.494 e. The summed E-state index contributed by atoms with van der Waals surface area (Å²) < 4.78 is 33.8. The minimum absolute atomic E-state index is 0.183. The van der Waals surface area contributed by atoms with Crippen molar-refractivity contribution in [1.29, 1.82) is 0 Å². The second kappa shape index (κ2) is 14.2. The van der Waals surface area contributed by atoms with Gasteiger partial charge in [-0.25, -0.2) is 9.37 Å². The van der Waals surface area contributed by atoms with Crippen LogP contribution >= 0.6 is 22.6 Å². The molecule has 0 atom stereocenters. The first-order chi connectivity index (χ1) is 21.7. The normalized spacial score (nSPS) is 11.5. The summed E-state index contributed by atoms with van der Waals surface area (Å²) in [5, 5.41) is 5.17. The Kier molecular flexibility index (Phi) is 10.2. The van der Waals surface area contributed by atoms with Crippen LogP contribution in [0.5, 0.6) is 17.2 Å². The molecular formula is C36H35FIN3O4. The molecule has 4 aromatic carbocycles. The highest BCUT2D eigenvalue weighted by Gasteiger charge is 2.19. The van der Waals surface area contributed by atoms with Gasteiger partial charge in [-0.3, -0.25) is 4.79 Å². The number of aromatic nitrogens is 2. The third kappa shape index (κ3) is 7.19. The highest BCUT2D eigenvalue weighted by Crippen LogP contribution is 2.36. The van der Waals surface area contributed by atoms with Gasteiger partial charge in [0.05, 0.1) is 33.9 Å². The van der Waals surface area contributed by atoms with E-state index in [1.807, 2.05) is 57.2 Å². The largest absolute Gasteiger partial charge is 0.494 e. The number of hydrogen-bond acceptors (Lipinski definition) is 6. The summed E-state index contributed by atoms with van der Waals surface area (Å²) in [6, 6.07) is 21.3. The van der Waals surface area contributed by atoms with Crippen molar-refractivity contribution < 1.29 is 18.6 Å². The lowest BCUT2D eigenvalue weighted by atomic mass is 9.96. The van der Waals surface area contributed by atoms with Crippen molar-refractivity contribution in [1.82, 2.24) is 9.66 Å². The van der Waals surface area contributed by atoms with E-state index in [4.69, 9.17) is 24.3 Å². The van der Waals surface area contributed by atoms with E-state index in [1.54, 1.807) is 24.4 Å². The zero-order valence-electron chi connectivity index (χ0n) is 25.9. The number of hydrogen-bond donors (Lipinski definition) is 0. The Bertz CT molecular complexity index is 1940. The van der Waals surface area contributed by atoms with Crippen molar-refractivity contribution in [3.63, 3.8) is 0 Å². The molecule has 1 heterocycles. The molecule has 0 spiro atoms. The Morgan fingerprint density at radius 1 is 0.956 bits per heavy atom. The third-order valence-corrected chi connectivity index (χ3v) is 8.00. The first-order valence-electron chi connectivity index (χ1n) is 14.9. The van der Waals surface area contributed by atoms with Crippen LogP contribution in [0.4, 0.5) is 4.39 Å². The molecule has 0 aliphatic carbocycles. The molecule has 0 aliphatic heterocycles. The fraction of sp³-hybridized carbons (Fsp3) is 0.250. The molecule has 0 saturated carbocycles. The zero-order valence-corrected chi connectivity index (χ0v) is 28.1. The molecular weight excluding hydrogens is 684 g/mol. The van der Waals surface area contributed by atoms with E-state index < -0.39 is 0 Å². The molecule has 5 aromatic rings. The van der Waals surface area contributed by atoms with Crippen molar-refractivity contribution in [3.05, 3.63) is 115 Å². The van der Waals surface area contributed by atoms with E-state index in [1.165, 1.54) is 16.8 Å². The topological polar surface area (TPSA) is 74.9 Å². The average molecular weight is 720 g/mol. The molecule has 1 aromatic heterocycles. The van der Waals surface area contributed by atoms with E-state index in [0.29, 0.717) is 52.6 Å². The zero-order chi connectivity index (χ0) is 32.1. The predicted octanol–water partition coefficient (Wildman–Crippen LogP) is 8.50. The molecule has 9 heteroatoms. The Hall–Kier alpha value is -4.25. The first-order valence-corrected chi connectivity index (χ1v) is 15.9. The molecule has 0 radical (unpaired) electrons. The quantitative estimate of drug-likeness (QED) is 0.101. The van der Waals surface area contributed by atoms with Crippen LogP contribution in [0.1, 0.15) is 55.9 Å². The van der Waals surface area contributed by atoms with Crippen LogP contribution < -0.4 is 19.8 Å². The number of ether oxygens (including phenoxy) is 3. The van der Waals surface area contributed by atoms with Crippen molar-refractivity contribution in [2.24, 2.45) is 5.10 Å². The molecule has 232 valence electrons. The summed E-state index contributed by atoms with van der Waals surface area (Å²) >= 11 is 2.18. The molecule has 0 amide bonds. The van der Waals surface area contributed by atoms with Gasteiger partial charge < -0.3 is 14.2 Å². The number of halogens is 2. The van der Waals surface area contributed by atoms with E-state index in [2.05, 4.69) is 42.5 Å². The van der Waals surface area contributed by atoms with Crippen LogP contribution in [-0.2, 0) is 6.61 Å². The van der Waals surface area contributed by atoms with E-state index in [0.717, 1.165) is 26.0 Å². The van der Waals surface area contributed by atoms with Gasteiger partial charge in [-0.1, -0.05) is 38.1 Å². The van der Waals surface area contributed by atoms with Gasteiger partial charge in [0.25, 0.3) is 5.56 Å². The van der Waals surface area contributed by atoms with Crippen molar-refractivity contribution in [3.8, 4) is 28.6 Å². The summed E-state index contributed by atoms with van der Waals surface area (Å²) in [5.74, 6) is 2.21. The van der Waals surface area contributed by atoms with Gasteiger partial charge in [-0.15, -0.1) is 0 Å². The Labute approximate surface area is 275 Å². The molecule has 45 heavy (non-hydrogen) atoms. The predicted molar refractivity (Wildman–Crippen MR) is 185 cm³/mol. The fourth-order valence-corrected chi connectivity index (χ4v) is 5.83. The van der Waals surface area contributed by atoms with E-state index in [-0.39, 0.29) is 23.9 Å². The third-order valence-electron chi connectivity index (χ3n) is 7.20. The standard InChI is InChI=1S/C36H35FIN3O4/c1-6-43-32-15-23(5)29(19-28(32)22(3)4)35-40-31-14-9-8-13-27(31)36(42)41(35)39-20-25-17-30(38)34(33(18-25)44-7-2)45-21-24-11-10-12-26(37)16-24/h8-20,22H,6-7,21H2,1-5H3. The van der Waals surface area contributed by atoms with Crippen LogP contribution in [-0.4, -0.2) is 29.1 Å². The number of rotatable bonds is 11. The average Bonchev–Trinajstić information content (AvgIpc) is 3.00.